The van der Waals surface area contributed by atoms with Crippen LogP contribution in [0.3, 0.4) is 0 Å². The van der Waals surface area contributed by atoms with E-state index in [1.807, 2.05) is 6.08 Å². The van der Waals surface area contributed by atoms with Gasteiger partial charge >= 0.3 is 0 Å². The number of rotatable bonds is 8. The molecule has 1 aliphatic heterocycles. The summed E-state index contributed by atoms with van der Waals surface area (Å²) in [5.41, 5.74) is 10.8. The lowest BCUT2D eigenvalue weighted by Crippen LogP contribution is -2.28. The number of allylic oxidation sites excluding steroid dienone is 2. The normalized spacial score (nSPS) is 17.6. The fourth-order valence-electron chi connectivity index (χ4n) is 5.45. The van der Waals surface area contributed by atoms with Crippen molar-refractivity contribution in [1.82, 2.24) is 9.88 Å². The molecule has 0 spiro atoms. The number of pyridine rings is 1. The molecule has 2 atom stereocenters. The molecule has 2 heterocycles. The van der Waals surface area contributed by atoms with Crippen molar-refractivity contribution in [3.05, 3.63) is 107 Å². The maximum atomic E-state index is 5.77. The molecule has 0 aliphatic carbocycles. The van der Waals surface area contributed by atoms with Gasteiger partial charge in [0.1, 0.15) is 5.75 Å². The molecule has 0 N–H and O–H groups in total. The number of benzene rings is 2. The van der Waals surface area contributed by atoms with Gasteiger partial charge in [-0.05, 0) is 76.3 Å². The van der Waals surface area contributed by atoms with E-state index in [4.69, 9.17) is 9.72 Å². The molecule has 1 saturated heterocycles. The molecular weight excluding hydrogens is 428 g/mol. The maximum absolute atomic E-state index is 5.77. The lowest BCUT2D eigenvalue weighted by Gasteiger charge is -2.28. The summed E-state index contributed by atoms with van der Waals surface area (Å²) in [7, 11) is 1.74. The Morgan fingerprint density at radius 3 is 2.46 bits per heavy atom. The third-order valence-electron chi connectivity index (χ3n) is 7.23. The van der Waals surface area contributed by atoms with Crippen molar-refractivity contribution in [2.75, 3.05) is 7.11 Å². The molecule has 0 bridgehead atoms. The molecule has 1 fully saturated rings. The van der Waals surface area contributed by atoms with E-state index in [1.54, 1.807) is 7.11 Å². The number of aryl methyl sites for hydroxylation is 4. The molecule has 1 aliphatic rings. The van der Waals surface area contributed by atoms with E-state index in [-0.39, 0.29) is 0 Å². The highest BCUT2D eigenvalue weighted by molar-refractivity contribution is 5.73. The van der Waals surface area contributed by atoms with Crippen LogP contribution in [0.2, 0.25) is 0 Å². The van der Waals surface area contributed by atoms with Gasteiger partial charge in [0.25, 0.3) is 0 Å². The first-order valence-corrected chi connectivity index (χ1v) is 12.6. The summed E-state index contributed by atoms with van der Waals surface area (Å²) >= 11 is 0. The highest BCUT2D eigenvalue weighted by Crippen LogP contribution is 2.41. The number of aromatic nitrogens is 1. The first kappa shape index (κ1) is 24.8. The maximum Gasteiger partial charge on any atom is 0.126 e. The Morgan fingerprint density at radius 2 is 1.77 bits per heavy atom. The lowest BCUT2D eigenvalue weighted by molar-refractivity contribution is 0.287. The number of hydrogen-bond donors (Lipinski definition) is 0. The molecule has 2 unspecified atom stereocenters. The molecule has 2 aromatic carbocycles. The Balaban J connectivity index is 1.69. The smallest absolute Gasteiger partial charge is 0.126 e. The van der Waals surface area contributed by atoms with Crippen LogP contribution in [0.1, 0.15) is 59.3 Å². The van der Waals surface area contributed by atoms with Crippen molar-refractivity contribution in [2.45, 2.75) is 65.5 Å². The molecule has 0 amide bonds. The van der Waals surface area contributed by atoms with Crippen LogP contribution in [0.25, 0.3) is 11.1 Å². The van der Waals surface area contributed by atoms with Crippen molar-refractivity contribution >= 4 is 0 Å². The topological polar surface area (TPSA) is 25.4 Å². The van der Waals surface area contributed by atoms with Gasteiger partial charge in [-0.25, -0.2) is 0 Å². The van der Waals surface area contributed by atoms with Gasteiger partial charge in [-0.1, -0.05) is 54.1 Å². The fourth-order valence-corrected chi connectivity index (χ4v) is 5.45. The summed E-state index contributed by atoms with van der Waals surface area (Å²) in [5, 5.41) is 0. The van der Waals surface area contributed by atoms with Crippen molar-refractivity contribution < 1.29 is 4.74 Å². The Hall–Kier alpha value is -3.33. The van der Waals surface area contributed by atoms with E-state index in [1.165, 1.54) is 28.0 Å². The zero-order valence-corrected chi connectivity index (χ0v) is 21.9. The lowest BCUT2D eigenvalue weighted by atomic mass is 9.90. The van der Waals surface area contributed by atoms with Gasteiger partial charge < -0.3 is 9.64 Å². The average Bonchev–Trinajstić information content (AvgIpc) is 3.10. The van der Waals surface area contributed by atoms with E-state index in [0.717, 1.165) is 54.1 Å². The van der Waals surface area contributed by atoms with E-state index >= 15 is 0 Å². The standard InChI is InChI=1S/C32H38N2O/c1-8-9-10-26-12-14-32(35-7)30(19-26)28-13-11-23(4)33-31(28)20-34-24(5)18-29(25(34)6)27-16-21(2)15-22(3)17-27/h8,11-17,19,25,29H,1,5,9-10,18,20H2,2-4,6-7H3. The third-order valence-corrected chi connectivity index (χ3v) is 7.23. The molecule has 0 saturated carbocycles. The number of methoxy groups -OCH3 is 1. The average molecular weight is 467 g/mol. The Bertz CT molecular complexity index is 1220. The number of nitrogens with zero attached hydrogens (tertiary/aromatic N) is 2. The highest BCUT2D eigenvalue weighted by Gasteiger charge is 2.34. The van der Waals surface area contributed by atoms with E-state index in [0.29, 0.717) is 12.0 Å². The third kappa shape index (κ3) is 5.35. The minimum absolute atomic E-state index is 0.347. The molecule has 3 heteroatoms. The largest absolute Gasteiger partial charge is 0.496 e. The molecule has 182 valence electrons. The number of ether oxygens (including phenoxy) is 1. The monoisotopic (exact) mass is 466 g/mol. The second-order valence-electron chi connectivity index (χ2n) is 9.98. The fraction of sp³-hybridized carbons (Fsp3) is 0.344. The number of likely N-dealkylation sites (tertiary alicyclic amines) is 1. The molecule has 0 radical (unpaired) electrons. The van der Waals surface area contributed by atoms with Crippen LogP contribution in [0.4, 0.5) is 0 Å². The Morgan fingerprint density at radius 1 is 1.03 bits per heavy atom. The van der Waals surface area contributed by atoms with E-state index in [2.05, 4.69) is 94.3 Å². The predicted octanol–water partition coefficient (Wildman–Crippen LogP) is 7.69. The van der Waals surface area contributed by atoms with Gasteiger partial charge in [0.15, 0.2) is 0 Å². The van der Waals surface area contributed by atoms with Gasteiger partial charge in [-0.15, -0.1) is 6.58 Å². The van der Waals surface area contributed by atoms with Crippen LogP contribution in [0.5, 0.6) is 5.75 Å². The van der Waals surface area contributed by atoms with Crippen LogP contribution in [-0.2, 0) is 13.0 Å². The van der Waals surface area contributed by atoms with Crippen LogP contribution in [-0.4, -0.2) is 23.0 Å². The van der Waals surface area contributed by atoms with Gasteiger partial charge in [0.05, 0.1) is 19.3 Å². The van der Waals surface area contributed by atoms with Crippen molar-refractivity contribution in [3.63, 3.8) is 0 Å². The SMILES string of the molecule is C=CCCc1ccc(OC)c(-c2ccc(C)nc2CN2C(=C)CC(c3cc(C)cc(C)c3)C2C)c1. The highest BCUT2D eigenvalue weighted by atomic mass is 16.5. The minimum atomic E-state index is 0.347. The molecular formula is C32H38N2O. The van der Waals surface area contributed by atoms with E-state index in [9.17, 15) is 0 Å². The van der Waals surface area contributed by atoms with Gasteiger partial charge in [-0.3, -0.25) is 4.98 Å². The Kier molecular flexibility index (Phi) is 7.45. The first-order chi connectivity index (χ1) is 16.8. The minimum Gasteiger partial charge on any atom is -0.496 e. The summed E-state index contributed by atoms with van der Waals surface area (Å²) in [6, 6.07) is 18.0. The van der Waals surface area contributed by atoms with Gasteiger partial charge in [0.2, 0.25) is 0 Å². The predicted molar refractivity (Wildman–Crippen MR) is 147 cm³/mol. The quantitative estimate of drug-likeness (QED) is 0.318. The Labute approximate surface area is 211 Å². The summed E-state index contributed by atoms with van der Waals surface area (Å²) < 4.78 is 5.77. The van der Waals surface area contributed by atoms with Gasteiger partial charge in [0, 0.05) is 34.5 Å². The summed E-state index contributed by atoms with van der Waals surface area (Å²) in [5.74, 6) is 1.31. The zero-order chi connectivity index (χ0) is 25.1. The van der Waals surface area contributed by atoms with E-state index < -0.39 is 0 Å². The molecule has 4 rings (SSSR count). The van der Waals surface area contributed by atoms with Crippen molar-refractivity contribution in [1.29, 1.82) is 0 Å². The van der Waals surface area contributed by atoms with Crippen molar-refractivity contribution in [2.24, 2.45) is 0 Å². The van der Waals surface area contributed by atoms with Crippen molar-refractivity contribution in [3.8, 4) is 16.9 Å². The van der Waals surface area contributed by atoms with Crippen LogP contribution in [0.15, 0.2) is 73.5 Å². The summed E-state index contributed by atoms with van der Waals surface area (Å²) in [4.78, 5) is 7.47. The molecule has 3 nitrogen and oxygen atoms in total. The van der Waals surface area contributed by atoms with Gasteiger partial charge in [-0.2, -0.15) is 0 Å². The second kappa shape index (κ2) is 10.5. The zero-order valence-electron chi connectivity index (χ0n) is 21.9. The van der Waals surface area contributed by atoms with Crippen LogP contribution >= 0.6 is 0 Å². The molecule has 35 heavy (non-hydrogen) atoms. The summed E-state index contributed by atoms with van der Waals surface area (Å²) in [6.45, 7) is 17.8. The molecule has 1 aromatic heterocycles. The number of hydrogen-bond acceptors (Lipinski definition) is 3. The molecule has 3 aromatic rings. The van der Waals surface area contributed by atoms with Crippen LogP contribution < -0.4 is 4.74 Å². The first-order valence-electron chi connectivity index (χ1n) is 12.6. The second-order valence-corrected chi connectivity index (χ2v) is 9.98. The summed E-state index contributed by atoms with van der Waals surface area (Å²) in [6.07, 6.45) is 4.86. The van der Waals surface area contributed by atoms with Crippen LogP contribution in [0, 0.1) is 20.8 Å².